The standard InChI is InChI=1S/C15H22N2O3S/c18-12-14-8-3-4-10-16(14)21(19,20)17-11-5-7-13-6-1-2-9-15(13)17/h1-2,6,9,14,18H,3-5,7-8,10-12H2. The van der Waals surface area contributed by atoms with Gasteiger partial charge in [0.05, 0.1) is 12.3 Å². The molecule has 3 rings (SSSR count). The third-order valence-corrected chi connectivity index (χ3v) is 6.44. The molecule has 5 nitrogen and oxygen atoms in total. The van der Waals surface area contributed by atoms with Crippen LogP contribution in [0, 0.1) is 0 Å². The van der Waals surface area contributed by atoms with E-state index in [1.807, 2.05) is 24.3 Å². The summed E-state index contributed by atoms with van der Waals surface area (Å²) in [5, 5.41) is 9.49. The lowest BCUT2D eigenvalue weighted by Crippen LogP contribution is -2.53. The van der Waals surface area contributed by atoms with E-state index in [4.69, 9.17) is 0 Å². The molecule has 1 N–H and O–H groups in total. The largest absolute Gasteiger partial charge is 0.395 e. The van der Waals surface area contributed by atoms with Gasteiger partial charge < -0.3 is 5.11 Å². The van der Waals surface area contributed by atoms with E-state index in [-0.39, 0.29) is 12.6 Å². The molecule has 1 aromatic rings. The van der Waals surface area contributed by atoms with E-state index in [0.717, 1.165) is 43.4 Å². The molecule has 116 valence electrons. The smallest absolute Gasteiger partial charge is 0.304 e. The Morgan fingerprint density at radius 2 is 1.95 bits per heavy atom. The lowest BCUT2D eigenvalue weighted by atomic mass is 10.0. The minimum atomic E-state index is -3.55. The van der Waals surface area contributed by atoms with Crippen LogP contribution in [0.1, 0.15) is 31.2 Å². The maximum Gasteiger partial charge on any atom is 0.304 e. The molecule has 0 bridgehead atoms. The Balaban J connectivity index is 1.95. The molecule has 1 atom stereocenters. The van der Waals surface area contributed by atoms with Gasteiger partial charge in [0.25, 0.3) is 0 Å². The third kappa shape index (κ3) is 2.67. The zero-order valence-corrected chi connectivity index (χ0v) is 12.9. The first-order chi connectivity index (χ1) is 10.1. The second kappa shape index (κ2) is 5.94. The van der Waals surface area contributed by atoms with Gasteiger partial charge in [-0.25, -0.2) is 0 Å². The van der Waals surface area contributed by atoms with Crippen molar-refractivity contribution in [3.05, 3.63) is 29.8 Å². The molecule has 21 heavy (non-hydrogen) atoms. The van der Waals surface area contributed by atoms with Crippen molar-refractivity contribution < 1.29 is 13.5 Å². The number of benzene rings is 1. The zero-order valence-electron chi connectivity index (χ0n) is 12.1. The maximum absolute atomic E-state index is 13.0. The van der Waals surface area contributed by atoms with Gasteiger partial charge in [0, 0.05) is 19.1 Å². The number of fused-ring (bicyclic) bond motifs is 1. The number of piperidine rings is 1. The van der Waals surface area contributed by atoms with Crippen LogP contribution >= 0.6 is 0 Å². The van der Waals surface area contributed by atoms with E-state index >= 15 is 0 Å². The number of aliphatic hydroxyl groups is 1. The molecule has 0 spiro atoms. The first kappa shape index (κ1) is 14.8. The first-order valence-corrected chi connectivity index (χ1v) is 9.02. The first-order valence-electron chi connectivity index (χ1n) is 7.63. The summed E-state index contributed by atoms with van der Waals surface area (Å²) in [6.45, 7) is 0.926. The van der Waals surface area contributed by atoms with Gasteiger partial charge in [-0.3, -0.25) is 4.31 Å². The molecule has 0 saturated carbocycles. The van der Waals surface area contributed by atoms with Crippen molar-refractivity contribution in [3.63, 3.8) is 0 Å². The fraction of sp³-hybridized carbons (Fsp3) is 0.600. The summed E-state index contributed by atoms with van der Waals surface area (Å²) in [6, 6.07) is 7.43. The topological polar surface area (TPSA) is 60.9 Å². The van der Waals surface area contributed by atoms with Gasteiger partial charge in [0.2, 0.25) is 0 Å². The summed E-state index contributed by atoms with van der Waals surface area (Å²) < 4.78 is 29.1. The van der Waals surface area contributed by atoms with Gasteiger partial charge in [-0.1, -0.05) is 24.6 Å². The molecule has 0 aliphatic carbocycles. The van der Waals surface area contributed by atoms with Crippen molar-refractivity contribution in [2.24, 2.45) is 0 Å². The maximum atomic E-state index is 13.0. The number of aryl methyl sites for hydroxylation is 1. The zero-order chi connectivity index (χ0) is 14.9. The van der Waals surface area contributed by atoms with Crippen LogP contribution in [0.4, 0.5) is 5.69 Å². The van der Waals surface area contributed by atoms with Gasteiger partial charge in [-0.15, -0.1) is 0 Å². The van der Waals surface area contributed by atoms with Gasteiger partial charge in [0.15, 0.2) is 0 Å². The quantitative estimate of drug-likeness (QED) is 0.921. The van der Waals surface area contributed by atoms with Gasteiger partial charge in [0.1, 0.15) is 0 Å². The average molecular weight is 310 g/mol. The molecule has 1 aromatic carbocycles. The summed E-state index contributed by atoms with van der Waals surface area (Å²) in [4.78, 5) is 0. The second-order valence-corrected chi connectivity index (χ2v) is 7.56. The molecule has 1 saturated heterocycles. The Morgan fingerprint density at radius 1 is 1.14 bits per heavy atom. The molecule has 0 amide bonds. The van der Waals surface area contributed by atoms with Crippen LogP contribution in [-0.2, 0) is 16.6 Å². The Bertz CT molecular complexity index is 603. The van der Waals surface area contributed by atoms with E-state index in [9.17, 15) is 13.5 Å². The van der Waals surface area contributed by atoms with Crippen molar-refractivity contribution in [3.8, 4) is 0 Å². The lowest BCUT2D eigenvalue weighted by molar-refractivity contribution is 0.155. The number of rotatable bonds is 3. The second-order valence-electron chi connectivity index (χ2n) is 5.76. The monoisotopic (exact) mass is 310 g/mol. The minimum absolute atomic E-state index is 0.102. The molecule has 1 fully saturated rings. The van der Waals surface area contributed by atoms with Crippen molar-refractivity contribution in [1.29, 1.82) is 0 Å². The molecule has 2 aliphatic heterocycles. The van der Waals surface area contributed by atoms with Crippen molar-refractivity contribution >= 4 is 15.9 Å². The van der Waals surface area contributed by atoms with Gasteiger partial charge in [-0.05, 0) is 37.3 Å². The van der Waals surface area contributed by atoms with Crippen LogP contribution in [-0.4, -0.2) is 43.6 Å². The Morgan fingerprint density at radius 3 is 2.76 bits per heavy atom. The van der Waals surface area contributed by atoms with E-state index in [1.54, 1.807) is 0 Å². The molecule has 6 heteroatoms. The lowest BCUT2D eigenvalue weighted by Gasteiger charge is -2.39. The van der Waals surface area contributed by atoms with Gasteiger partial charge in [-0.2, -0.15) is 12.7 Å². The number of hydrogen-bond acceptors (Lipinski definition) is 3. The summed E-state index contributed by atoms with van der Waals surface area (Å²) in [5.41, 5.74) is 1.89. The summed E-state index contributed by atoms with van der Waals surface area (Å²) in [5.74, 6) is 0. The predicted octanol–water partition coefficient (Wildman–Crippen LogP) is 1.53. The van der Waals surface area contributed by atoms with E-state index in [2.05, 4.69) is 0 Å². The van der Waals surface area contributed by atoms with Crippen LogP contribution in [0.5, 0.6) is 0 Å². The highest BCUT2D eigenvalue weighted by atomic mass is 32.2. The highest BCUT2D eigenvalue weighted by Crippen LogP contribution is 2.32. The normalized spacial score (nSPS) is 23.9. The fourth-order valence-corrected chi connectivity index (χ4v) is 5.27. The number of aliphatic hydroxyl groups excluding tert-OH is 1. The molecule has 2 aliphatic rings. The predicted molar refractivity (Wildman–Crippen MR) is 82.5 cm³/mol. The molecule has 2 heterocycles. The minimum Gasteiger partial charge on any atom is -0.395 e. The molecular weight excluding hydrogens is 288 g/mol. The molecular formula is C15H22N2O3S. The number of nitrogens with zero attached hydrogens (tertiary/aromatic N) is 2. The van der Waals surface area contributed by atoms with Crippen LogP contribution < -0.4 is 4.31 Å². The molecule has 0 radical (unpaired) electrons. The average Bonchev–Trinajstić information content (AvgIpc) is 2.54. The van der Waals surface area contributed by atoms with Crippen LogP contribution in [0.25, 0.3) is 0 Å². The highest BCUT2D eigenvalue weighted by molar-refractivity contribution is 7.90. The van der Waals surface area contributed by atoms with Crippen molar-refractivity contribution in [2.75, 3.05) is 24.0 Å². The van der Waals surface area contributed by atoms with Crippen LogP contribution in [0.15, 0.2) is 24.3 Å². The highest BCUT2D eigenvalue weighted by Gasteiger charge is 2.37. The number of para-hydroxylation sites is 1. The van der Waals surface area contributed by atoms with Crippen LogP contribution in [0.3, 0.4) is 0 Å². The van der Waals surface area contributed by atoms with Crippen molar-refractivity contribution in [2.45, 2.75) is 38.1 Å². The number of hydrogen-bond donors (Lipinski definition) is 1. The van der Waals surface area contributed by atoms with E-state index < -0.39 is 10.2 Å². The molecule has 1 unspecified atom stereocenters. The Kier molecular flexibility index (Phi) is 4.19. The summed E-state index contributed by atoms with van der Waals surface area (Å²) in [7, 11) is -3.55. The fourth-order valence-electron chi connectivity index (χ4n) is 3.33. The van der Waals surface area contributed by atoms with E-state index in [0.29, 0.717) is 13.1 Å². The Hall–Kier alpha value is -1.11. The number of anilines is 1. The van der Waals surface area contributed by atoms with E-state index in [1.165, 1.54) is 8.61 Å². The van der Waals surface area contributed by atoms with Crippen molar-refractivity contribution in [1.82, 2.24) is 4.31 Å². The SMILES string of the molecule is O=S(=O)(N1CCCc2ccccc21)N1CCCCC1CO. The summed E-state index contributed by atoms with van der Waals surface area (Å²) in [6.07, 6.45) is 4.35. The third-order valence-electron chi connectivity index (χ3n) is 4.43. The Labute approximate surface area is 126 Å². The molecule has 0 aromatic heterocycles. The van der Waals surface area contributed by atoms with Gasteiger partial charge >= 0.3 is 10.2 Å². The van der Waals surface area contributed by atoms with Crippen LogP contribution in [0.2, 0.25) is 0 Å². The summed E-state index contributed by atoms with van der Waals surface area (Å²) >= 11 is 0.